The number of hydrogen-bond acceptors (Lipinski definition) is 3. The van der Waals surface area contributed by atoms with Crippen molar-refractivity contribution in [3.05, 3.63) is 29.3 Å². The van der Waals surface area contributed by atoms with Crippen LogP contribution >= 0.6 is 11.6 Å². The molecule has 1 unspecified atom stereocenters. The molecule has 0 aliphatic rings. The van der Waals surface area contributed by atoms with Crippen molar-refractivity contribution in [1.29, 1.82) is 0 Å². The molecule has 0 bridgehead atoms. The minimum Gasteiger partial charge on any atom is -0.490 e. The first kappa shape index (κ1) is 16.8. The lowest BCUT2D eigenvalue weighted by atomic mass is 9.86. The summed E-state index contributed by atoms with van der Waals surface area (Å²) in [4.78, 5) is 14.0. The van der Waals surface area contributed by atoms with E-state index in [9.17, 15) is 4.79 Å². The van der Waals surface area contributed by atoms with Gasteiger partial charge in [0.05, 0.1) is 17.0 Å². The molecule has 0 fully saturated rings. The van der Waals surface area contributed by atoms with Crippen molar-refractivity contribution in [2.24, 2.45) is 11.1 Å². The van der Waals surface area contributed by atoms with Gasteiger partial charge in [0.15, 0.2) is 0 Å². The quantitative estimate of drug-likeness (QED) is 0.841. The highest BCUT2D eigenvalue weighted by atomic mass is 35.5. The van der Waals surface area contributed by atoms with Crippen molar-refractivity contribution >= 4 is 17.5 Å². The lowest BCUT2D eigenvalue weighted by Crippen LogP contribution is -2.45. The van der Waals surface area contributed by atoms with Crippen LogP contribution in [0.4, 0.5) is 0 Å². The number of likely N-dealkylation sites (N-methyl/N-ethyl adjacent to an activating group) is 1. The predicted octanol–water partition coefficient (Wildman–Crippen LogP) is 2.55. The molecule has 0 spiro atoms. The smallest absolute Gasteiger partial charge is 0.229 e. The molecule has 1 aromatic carbocycles. The third-order valence-corrected chi connectivity index (χ3v) is 3.93. The summed E-state index contributed by atoms with van der Waals surface area (Å²) in [7, 11) is 1.77. The van der Waals surface area contributed by atoms with Gasteiger partial charge in [0.25, 0.3) is 0 Å². The Morgan fingerprint density at radius 3 is 2.65 bits per heavy atom. The van der Waals surface area contributed by atoms with Crippen LogP contribution in [-0.4, -0.2) is 37.6 Å². The van der Waals surface area contributed by atoms with E-state index in [-0.39, 0.29) is 5.91 Å². The molecule has 112 valence electrons. The second kappa shape index (κ2) is 7.50. The van der Waals surface area contributed by atoms with Crippen LogP contribution in [0.3, 0.4) is 0 Å². The van der Waals surface area contributed by atoms with E-state index in [4.69, 9.17) is 22.1 Å². The van der Waals surface area contributed by atoms with Gasteiger partial charge >= 0.3 is 0 Å². The molecule has 1 atom stereocenters. The van der Waals surface area contributed by atoms with Crippen LogP contribution in [-0.2, 0) is 4.79 Å². The number of carbonyl (C=O) groups excluding carboxylic acids is 1. The highest BCUT2D eigenvalue weighted by Crippen LogP contribution is 2.24. The molecular weight excluding hydrogens is 276 g/mol. The fourth-order valence-corrected chi connectivity index (χ4v) is 1.99. The Bertz CT molecular complexity index is 447. The molecule has 1 aromatic rings. The Hall–Kier alpha value is -1.26. The highest BCUT2D eigenvalue weighted by Gasteiger charge is 2.32. The van der Waals surface area contributed by atoms with Gasteiger partial charge in [0.1, 0.15) is 12.4 Å². The average Bonchev–Trinajstić information content (AvgIpc) is 2.47. The number of hydrogen-bond donors (Lipinski definition) is 1. The third kappa shape index (κ3) is 4.12. The Morgan fingerprint density at radius 2 is 2.10 bits per heavy atom. The van der Waals surface area contributed by atoms with Gasteiger partial charge in [-0.3, -0.25) is 4.79 Å². The van der Waals surface area contributed by atoms with Crippen LogP contribution in [0.1, 0.15) is 20.3 Å². The Balaban J connectivity index is 2.50. The first-order valence-electron chi connectivity index (χ1n) is 6.77. The molecule has 5 heteroatoms. The monoisotopic (exact) mass is 298 g/mol. The van der Waals surface area contributed by atoms with Gasteiger partial charge in [0, 0.05) is 13.6 Å². The van der Waals surface area contributed by atoms with Crippen LogP contribution in [0.2, 0.25) is 5.02 Å². The minimum absolute atomic E-state index is 0.0465. The summed E-state index contributed by atoms with van der Waals surface area (Å²) in [5.41, 5.74) is 5.20. The van der Waals surface area contributed by atoms with Crippen molar-refractivity contribution in [1.82, 2.24) is 4.90 Å². The normalized spacial score (nSPS) is 13.7. The van der Waals surface area contributed by atoms with Crippen molar-refractivity contribution in [2.45, 2.75) is 20.3 Å². The molecule has 0 aliphatic heterocycles. The van der Waals surface area contributed by atoms with Gasteiger partial charge in [-0.1, -0.05) is 30.7 Å². The van der Waals surface area contributed by atoms with E-state index in [0.717, 1.165) is 6.42 Å². The van der Waals surface area contributed by atoms with Crippen molar-refractivity contribution in [2.75, 3.05) is 26.7 Å². The number of benzene rings is 1. The molecule has 0 saturated carbocycles. The number of nitrogens with two attached hydrogens (primary N) is 1. The van der Waals surface area contributed by atoms with Crippen LogP contribution in [0.15, 0.2) is 24.3 Å². The van der Waals surface area contributed by atoms with Gasteiger partial charge < -0.3 is 15.4 Å². The van der Waals surface area contributed by atoms with E-state index >= 15 is 0 Å². The largest absolute Gasteiger partial charge is 0.490 e. The van der Waals surface area contributed by atoms with Gasteiger partial charge in [-0.2, -0.15) is 0 Å². The summed E-state index contributed by atoms with van der Waals surface area (Å²) in [6.45, 7) is 5.10. The molecule has 0 radical (unpaired) electrons. The molecule has 0 heterocycles. The molecule has 0 aliphatic carbocycles. The van der Waals surface area contributed by atoms with E-state index in [1.54, 1.807) is 24.1 Å². The Labute approximate surface area is 125 Å². The number of amides is 1. The predicted molar refractivity (Wildman–Crippen MR) is 82.0 cm³/mol. The summed E-state index contributed by atoms with van der Waals surface area (Å²) >= 11 is 6.00. The summed E-state index contributed by atoms with van der Waals surface area (Å²) < 4.78 is 5.58. The van der Waals surface area contributed by atoms with E-state index < -0.39 is 5.41 Å². The Morgan fingerprint density at radius 1 is 1.45 bits per heavy atom. The molecule has 20 heavy (non-hydrogen) atoms. The minimum atomic E-state index is -0.501. The summed E-state index contributed by atoms with van der Waals surface area (Å²) in [6, 6.07) is 7.28. The molecule has 0 saturated heterocycles. The molecule has 4 nitrogen and oxygen atoms in total. The molecule has 1 rings (SSSR count). The van der Waals surface area contributed by atoms with Crippen molar-refractivity contribution in [3.8, 4) is 5.75 Å². The zero-order valence-corrected chi connectivity index (χ0v) is 13.1. The van der Waals surface area contributed by atoms with E-state index in [1.807, 2.05) is 26.0 Å². The maximum Gasteiger partial charge on any atom is 0.229 e. The number of carbonyl (C=O) groups is 1. The van der Waals surface area contributed by atoms with Gasteiger partial charge in [0.2, 0.25) is 5.91 Å². The first-order chi connectivity index (χ1) is 9.44. The van der Waals surface area contributed by atoms with Crippen LogP contribution in [0.25, 0.3) is 0 Å². The van der Waals surface area contributed by atoms with Gasteiger partial charge in [-0.15, -0.1) is 0 Å². The lowest BCUT2D eigenvalue weighted by molar-refractivity contribution is -0.139. The summed E-state index contributed by atoms with van der Waals surface area (Å²) in [5, 5.41) is 0.571. The summed E-state index contributed by atoms with van der Waals surface area (Å²) in [6.07, 6.45) is 0.720. The fourth-order valence-electron chi connectivity index (χ4n) is 1.80. The van der Waals surface area contributed by atoms with E-state index in [2.05, 4.69) is 0 Å². The number of para-hydroxylation sites is 1. The third-order valence-electron chi connectivity index (χ3n) is 3.61. The zero-order valence-electron chi connectivity index (χ0n) is 12.4. The summed E-state index contributed by atoms with van der Waals surface area (Å²) in [5.74, 6) is 0.678. The average molecular weight is 299 g/mol. The topological polar surface area (TPSA) is 55.6 Å². The molecule has 1 amide bonds. The van der Waals surface area contributed by atoms with Gasteiger partial charge in [-0.25, -0.2) is 0 Å². The zero-order chi connectivity index (χ0) is 15.2. The number of ether oxygens (including phenoxy) is 1. The van der Waals surface area contributed by atoms with Crippen molar-refractivity contribution < 1.29 is 9.53 Å². The van der Waals surface area contributed by atoms with Gasteiger partial charge in [-0.05, 0) is 25.5 Å². The van der Waals surface area contributed by atoms with Crippen LogP contribution < -0.4 is 10.5 Å². The Kier molecular flexibility index (Phi) is 6.30. The standard InChI is InChI=1S/C15H23ClN2O2/c1-4-15(2,11-17)14(19)18(3)9-10-20-13-8-6-5-7-12(13)16/h5-8H,4,9-11,17H2,1-3H3. The molecule has 2 N–H and O–H groups in total. The van der Waals surface area contributed by atoms with E-state index in [1.165, 1.54) is 0 Å². The van der Waals surface area contributed by atoms with Crippen LogP contribution in [0.5, 0.6) is 5.75 Å². The number of halogens is 1. The second-order valence-corrected chi connectivity index (χ2v) is 5.53. The highest BCUT2D eigenvalue weighted by molar-refractivity contribution is 6.32. The van der Waals surface area contributed by atoms with Crippen molar-refractivity contribution in [3.63, 3.8) is 0 Å². The van der Waals surface area contributed by atoms with E-state index in [0.29, 0.717) is 30.5 Å². The fraction of sp³-hybridized carbons (Fsp3) is 0.533. The lowest BCUT2D eigenvalue weighted by Gasteiger charge is -2.30. The molecule has 0 aromatic heterocycles. The SMILES string of the molecule is CCC(C)(CN)C(=O)N(C)CCOc1ccccc1Cl. The number of nitrogens with zero attached hydrogens (tertiary/aromatic N) is 1. The second-order valence-electron chi connectivity index (χ2n) is 5.12. The number of rotatable bonds is 7. The first-order valence-corrected chi connectivity index (χ1v) is 7.15. The maximum atomic E-state index is 12.3. The maximum absolute atomic E-state index is 12.3. The molecular formula is C15H23ClN2O2. The van der Waals surface area contributed by atoms with Crippen LogP contribution in [0, 0.1) is 5.41 Å².